The summed E-state index contributed by atoms with van der Waals surface area (Å²) in [5.41, 5.74) is 6.71. The van der Waals surface area contributed by atoms with Crippen molar-refractivity contribution in [2.24, 2.45) is 0 Å². The van der Waals surface area contributed by atoms with E-state index in [2.05, 4.69) is 4.98 Å². The van der Waals surface area contributed by atoms with Gasteiger partial charge in [0, 0.05) is 18.0 Å². The first-order chi connectivity index (χ1) is 7.91. The van der Waals surface area contributed by atoms with Gasteiger partial charge in [0.15, 0.2) is 5.78 Å². The minimum absolute atomic E-state index is 0.0914. The van der Waals surface area contributed by atoms with Gasteiger partial charge in [0.25, 0.3) is 0 Å². The third kappa shape index (κ3) is 1.76. The lowest BCUT2D eigenvalue weighted by molar-refractivity contribution is 0.0698. The zero-order valence-electron chi connectivity index (χ0n) is 9.27. The fourth-order valence-electron chi connectivity index (χ4n) is 1.67. The second-order valence-electron chi connectivity index (χ2n) is 3.70. The van der Waals surface area contributed by atoms with Gasteiger partial charge in [-0.05, 0) is 13.0 Å². The molecular formula is C11H10N2O3S. The zero-order valence-corrected chi connectivity index (χ0v) is 10.1. The van der Waals surface area contributed by atoms with Crippen LogP contribution in [0.4, 0.5) is 5.69 Å². The summed E-state index contributed by atoms with van der Waals surface area (Å²) in [5, 5.41) is 9.48. The Balaban J connectivity index is 2.92. The summed E-state index contributed by atoms with van der Waals surface area (Å²) in [6, 6.07) is 1.46. The quantitative estimate of drug-likeness (QED) is 0.796. The van der Waals surface area contributed by atoms with Crippen molar-refractivity contribution < 1.29 is 14.7 Å². The summed E-state index contributed by atoms with van der Waals surface area (Å²) in [6.45, 7) is 3.10. The number of anilines is 1. The highest BCUT2D eigenvalue weighted by molar-refractivity contribution is 7.21. The van der Waals surface area contributed by atoms with Gasteiger partial charge in [0.1, 0.15) is 4.83 Å². The van der Waals surface area contributed by atoms with Crippen LogP contribution >= 0.6 is 11.3 Å². The number of carbonyl (C=O) groups is 2. The predicted octanol–water partition coefficient (Wildman–Crippen LogP) is 2.09. The van der Waals surface area contributed by atoms with Crippen molar-refractivity contribution in [2.45, 2.75) is 13.8 Å². The van der Waals surface area contributed by atoms with Gasteiger partial charge in [-0.15, -0.1) is 11.3 Å². The molecule has 0 bridgehead atoms. The average molecular weight is 250 g/mol. The SMILES string of the molecule is CC(=O)c1sc2nc(C)cc(C(=O)O)c2c1N. The van der Waals surface area contributed by atoms with Crippen LogP contribution < -0.4 is 5.73 Å². The van der Waals surface area contributed by atoms with Gasteiger partial charge in [-0.3, -0.25) is 4.79 Å². The van der Waals surface area contributed by atoms with Crippen molar-refractivity contribution in [3.8, 4) is 0 Å². The Hall–Kier alpha value is -1.95. The van der Waals surface area contributed by atoms with E-state index in [4.69, 9.17) is 10.8 Å². The van der Waals surface area contributed by atoms with Crippen LogP contribution in [0.15, 0.2) is 6.07 Å². The Morgan fingerprint density at radius 3 is 2.65 bits per heavy atom. The molecule has 2 aromatic rings. The van der Waals surface area contributed by atoms with Gasteiger partial charge < -0.3 is 10.8 Å². The number of aromatic nitrogens is 1. The second kappa shape index (κ2) is 3.81. The Bertz CT molecular complexity index is 646. The molecule has 0 saturated heterocycles. The fraction of sp³-hybridized carbons (Fsp3) is 0.182. The minimum Gasteiger partial charge on any atom is -0.478 e. The minimum atomic E-state index is -1.07. The normalized spacial score (nSPS) is 10.7. The van der Waals surface area contributed by atoms with E-state index in [-0.39, 0.29) is 17.0 Å². The maximum absolute atomic E-state index is 11.4. The Kier molecular flexibility index (Phi) is 2.59. The molecule has 17 heavy (non-hydrogen) atoms. The van der Waals surface area contributed by atoms with E-state index in [0.717, 1.165) is 11.3 Å². The lowest BCUT2D eigenvalue weighted by Gasteiger charge is -2.00. The van der Waals surface area contributed by atoms with Crippen LogP contribution in [0.25, 0.3) is 10.2 Å². The van der Waals surface area contributed by atoms with Crippen LogP contribution in [0.2, 0.25) is 0 Å². The number of Topliss-reactive ketones (excluding diaryl/α,β-unsaturated/α-hetero) is 1. The summed E-state index contributed by atoms with van der Waals surface area (Å²) < 4.78 is 0. The zero-order chi connectivity index (χ0) is 12.7. The summed E-state index contributed by atoms with van der Waals surface area (Å²) in [6.07, 6.45) is 0. The molecule has 0 fully saturated rings. The number of nitrogens with zero attached hydrogens (tertiary/aromatic N) is 1. The maximum Gasteiger partial charge on any atom is 0.336 e. The van der Waals surface area contributed by atoms with E-state index in [1.165, 1.54) is 13.0 Å². The number of hydrogen-bond acceptors (Lipinski definition) is 5. The number of ketones is 1. The molecule has 0 aliphatic rings. The number of nitrogen functional groups attached to an aromatic ring is 1. The average Bonchev–Trinajstić information content (AvgIpc) is 2.54. The summed E-state index contributed by atoms with van der Waals surface area (Å²) in [4.78, 5) is 27.6. The monoisotopic (exact) mass is 250 g/mol. The van der Waals surface area contributed by atoms with Crippen molar-refractivity contribution in [2.75, 3.05) is 5.73 Å². The van der Waals surface area contributed by atoms with Gasteiger partial charge in [-0.25, -0.2) is 9.78 Å². The molecule has 5 nitrogen and oxygen atoms in total. The number of carboxylic acids is 1. The molecule has 2 heterocycles. The van der Waals surface area contributed by atoms with Crippen LogP contribution in [0.1, 0.15) is 32.6 Å². The van der Waals surface area contributed by atoms with E-state index in [9.17, 15) is 9.59 Å². The summed E-state index contributed by atoms with van der Waals surface area (Å²) in [7, 11) is 0. The largest absolute Gasteiger partial charge is 0.478 e. The molecule has 0 aromatic carbocycles. The first kappa shape index (κ1) is 11.5. The van der Waals surface area contributed by atoms with E-state index in [1.807, 2.05) is 0 Å². The van der Waals surface area contributed by atoms with Gasteiger partial charge in [0.2, 0.25) is 0 Å². The van der Waals surface area contributed by atoms with Gasteiger partial charge >= 0.3 is 5.97 Å². The molecule has 3 N–H and O–H groups in total. The number of rotatable bonds is 2. The molecule has 0 radical (unpaired) electrons. The van der Waals surface area contributed by atoms with Crippen molar-refractivity contribution in [1.29, 1.82) is 0 Å². The predicted molar refractivity (Wildman–Crippen MR) is 65.7 cm³/mol. The highest BCUT2D eigenvalue weighted by atomic mass is 32.1. The van der Waals surface area contributed by atoms with Gasteiger partial charge in [-0.2, -0.15) is 0 Å². The number of aryl methyl sites for hydroxylation is 1. The maximum atomic E-state index is 11.4. The Morgan fingerprint density at radius 2 is 2.12 bits per heavy atom. The first-order valence-electron chi connectivity index (χ1n) is 4.85. The van der Waals surface area contributed by atoms with Crippen LogP contribution in [0.3, 0.4) is 0 Å². The summed E-state index contributed by atoms with van der Waals surface area (Å²) in [5.74, 6) is -1.25. The lowest BCUT2D eigenvalue weighted by atomic mass is 10.1. The highest BCUT2D eigenvalue weighted by Crippen LogP contribution is 2.35. The smallest absolute Gasteiger partial charge is 0.336 e. The third-order valence-electron chi connectivity index (χ3n) is 2.38. The van der Waals surface area contributed by atoms with Crippen LogP contribution in [-0.4, -0.2) is 21.8 Å². The van der Waals surface area contributed by atoms with Gasteiger partial charge in [-0.1, -0.05) is 0 Å². The van der Waals surface area contributed by atoms with Crippen LogP contribution in [-0.2, 0) is 0 Å². The topological polar surface area (TPSA) is 93.3 Å². The number of thiophene rings is 1. The molecule has 2 rings (SSSR count). The Labute approximate surface area is 101 Å². The third-order valence-corrected chi connectivity index (χ3v) is 3.58. The molecule has 0 aliphatic heterocycles. The molecule has 0 amide bonds. The number of fused-ring (bicyclic) bond motifs is 1. The molecule has 0 unspecified atom stereocenters. The lowest BCUT2D eigenvalue weighted by Crippen LogP contribution is -2.01. The molecule has 0 atom stereocenters. The number of carboxylic acid groups (broad SMARTS) is 1. The van der Waals surface area contributed by atoms with Crippen molar-refractivity contribution in [1.82, 2.24) is 4.98 Å². The van der Waals surface area contributed by atoms with E-state index in [1.54, 1.807) is 6.92 Å². The molecule has 88 valence electrons. The molecule has 0 saturated carbocycles. The van der Waals surface area contributed by atoms with Crippen molar-refractivity contribution in [3.05, 3.63) is 22.2 Å². The molecule has 0 aliphatic carbocycles. The van der Waals surface area contributed by atoms with Crippen LogP contribution in [0, 0.1) is 6.92 Å². The number of nitrogens with two attached hydrogens (primary N) is 1. The molecule has 6 heteroatoms. The first-order valence-corrected chi connectivity index (χ1v) is 5.67. The second-order valence-corrected chi connectivity index (χ2v) is 4.70. The standard InChI is InChI=1S/C11H10N2O3S/c1-4-3-6(11(15)16)7-8(12)9(5(2)14)17-10(7)13-4/h3H,12H2,1-2H3,(H,15,16). The van der Waals surface area contributed by atoms with E-state index in [0.29, 0.717) is 20.8 Å². The number of carbonyl (C=O) groups excluding carboxylic acids is 1. The Morgan fingerprint density at radius 1 is 1.47 bits per heavy atom. The number of pyridine rings is 1. The molecular weight excluding hydrogens is 240 g/mol. The highest BCUT2D eigenvalue weighted by Gasteiger charge is 2.20. The molecule has 0 spiro atoms. The van der Waals surface area contributed by atoms with Crippen molar-refractivity contribution >= 4 is 39.0 Å². The van der Waals surface area contributed by atoms with Gasteiger partial charge in [0.05, 0.1) is 16.1 Å². The number of aromatic carboxylic acids is 1. The van der Waals surface area contributed by atoms with E-state index >= 15 is 0 Å². The van der Waals surface area contributed by atoms with Crippen molar-refractivity contribution in [3.63, 3.8) is 0 Å². The van der Waals surface area contributed by atoms with Crippen LogP contribution in [0.5, 0.6) is 0 Å². The number of hydrogen-bond donors (Lipinski definition) is 2. The van der Waals surface area contributed by atoms with E-state index < -0.39 is 5.97 Å². The molecule has 2 aromatic heterocycles. The summed E-state index contributed by atoms with van der Waals surface area (Å²) >= 11 is 1.13. The fourth-order valence-corrected chi connectivity index (χ4v) is 2.73.